The van der Waals surface area contributed by atoms with Gasteiger partial charge in [-0.1, -0.05) is 54.1 Å². The highest BCUT2D eigenvalue weighted by atomic mass is 127. The van der Waals surface area contributed by atoms with E-state index in [-0.39, 0.29) is 41.9 Å². The SMILES string of the molecule is CN=C(NCC1CC(=O)N(CCc2ccccc2)C1)NCC(C)Oc1ccccc1Cl.I. The zero-order valence-corrected chi connectivity index (χ0v) is 21.7. The molecule has 1 amide bonds. The maximum atomic E-state index is 12.4. The zero-order valence-electron chi connectivity index (χ0n) is 18.6. The molecule has 0 aliphatic carbocycles. The van der Waals surface area contributed by atoms with Crippen molar-refractivity contribution in [2.24, 2.45) is 10.9 Å². The Bertz CT molecular complexity index is 881. The largest absolute Gasteiger partial charge is 0.487 e. The first-order chi connectivity index (χ1) is 15.0. The van der Waals surface area contributed by atoms with E-state index in [2.05, 4.69) is 27.8 Å². The van der Waals surface area contributed by atoms with Crippen molar-refractivity contribution in [3.63, 3.8) is 0 Å². The minimum Gasteiger partial charge on any atom is -0.487 e. The smallest absolute Gasteiger partial charge is 0.223 e. The van der Waals surface area contributed by atoms with Gasteiger partial charge in [-0.2, -0.15) is 0 Å². The Balaban J connectivity index is 0.00000363. The fourth-order valence-corrected chi connectivity index (χ4v) is 3.80. The van der Waals surface area contributed by atoms with Crippen molar-refractivity contribution in [3.05, 3.63) is 65.2 Å². The molecule has 2 atom stereocenters. The summed E-state index contributed by atoms with van der Waals surface area (Å²) in [4.78, 5) is 18.6. The lowest BCUT2D eigenvalue weighted by molar-refractivity contribution is -0.127. The lowest BCUT2D eigenvalue weighted by Crippen LogP contribution is -2.43. The topological polar surface area (TPSA) is 66.0 Å². The number of hydrogen-bond acceptors (Lipinski definition) is 3. The summed E-state index contributed by atoms with van der Waals surface area (Å²) in [5.41, 5.74) is 1.26. The van der Waals surface area contributed by atoms with E-state index in [1.54, 1.807) is 7.05 Å². The number of amides is 1. The zero-order chi connectivity index (χ0) is 22.1. The van der Waals surface area contributed by atoms with Gasteiger partial charge < -0.3 is 20.3 Å². The third-order valence-electron chi connectivity index (χ3n) is 5.31. The van der Waals surface area contributed by atoms with E-state index in [0.717, 1.165) is 19.5 Å². The van der Waals surface area contributed by atoms with Gasteiger partial charge in [0.2, 0.25) is 5.91 Å². The van der Waals surface area contributed by atoms with Gasteiger partial charge in [0.1, 0.15) is 11.9 Å². The Labute approximate surface area is 212 Å². The van der Waals surface area contributed by atoms with Crippen LogP contribution in [0.1, 0.15) is 18.9 Å². The number of nitrogens with zero attached hydrogens (tertiary/aromatic N) is 2. The summed E-state index contributed by atoms with van der Waals surface area (Å²) in [6.07, 6.45) is 1.38. The van der Waals surface area contributed by atoms with Crippen molar-refractivity contribution in [1.29, 1.82) is 0 Å². The average Bonchev–Trinajstić information content (AvgIpc) is 3.14. The summed E-state index contributed by atoms with van der Waals surface area (Å²) in [5, 5.41) is 7.21. The Morgan fingerprint density at radius 3 is 2.62 bits per heavy atom. The average molecular weight is 571 g/mol. The Morgan fingerprint density at radius 1 is 1.19 bits per heavy atom. The second kappa shape index (κ2) is 13.5. The normalized spacial score (nSPS) is 17.0. The number of halogens is 2. The predicted octanol–water partition coefficient (Wildman–Crippen LogP) is 3.98. The number of likely N-dealkylation sites (tertiary alicyclic amines) is 1. The van der Waals surface area contributed by atoms with E-state index in [4.69, 9.17) is 16.3 Å². The first kappa shape index (κ1) is 26.3. The molecule has 3 rings (SSSR count). The van der Waals surface area contributed by atoms with E-state index in [1.807, 2.05) is 54.3 Å². The van der Waals surface area contributed by atoms with Crippen LogP contribution in [0.5, 0.6) is 5.75 Å². The van der Waals surface area contributed by atoms with E-state index < -0.39 is 0 Å². The monoisotopic (exact) mass is 570 g/mol. The lowest BCUT2D eigenvalue weighted by atomic mass is 10.1. The van der Waals surface area contributed by atoms with Gasteiger partial charge >= 0.3 is 0 Å². The van der Waals surface area contributed by atoms with Gasteiger partial charge in [0, 0.05) is 39.0 Å². The number of nitrogens with one attached hydrogen (secondary N) is 2. The molecule has 1 aliphatic heterocycles. The molecule has 0 saturated carbocycles. The molecule has 0 spiro atoms. The number of carbonyl (C=O) groups excluding carboxylic acids is 1. The van der Waals surface area contributed by atoms with Gasteiger partial charge in [-0.25, -0.2) is 0 Å². The summed E-state index contributed by atoms with van der Waals surface area (Å²) in [6, 6.07) is 17.7. The first-order valence-electron chi connectivity index (χ1n) is 10.7. The maximum absolute atomic E-state index is 12.4. The van der Waals surface area contributed by atoms with E-state index in [1.165, 1.54) is 5.56 Å². The van der Waals surface area contributed by atoms with Crippen molar-refractivity contribution in [2.45, 2.75) is 25.9 Å². The summed E-state index contributed by atoms with van der Waals surface area (Å²) < 4.78 is 5.88. The van der Waals surface area contributed by atoms with E-state index in [0.29, 0.717) is 36.2 Å². The van der Waals surface area contributed by atoms with Crippen LogP contribution in [0, 0.1) is 5.92 Å². The number of carbonyl (C=O) groups is 1. The number of ether oxygens (including phenoxy) is 1. The van der Waals surface area contributed by atoms with Gasteiger partial charge in [-0.15, -0.1) is 24.0 Å². The number of hydrogen-bond donors (Lipinski definition) is 2. The van der Waals surface area contributed by atoms with Crippen LogP contribution in [0.4, 0.5) is 0 Å². The van der Waals surface area contributed by atoms with Gasteiger partial charge in [0.15, 0.2) is 5.96 Å². The standard InChI is InChI=1S/C24H31ClN4O2.HI/c1-18(31-22-11-7-6-10-21(22)25)15-27-24(26-2)28-16-20-14-23(30)29(17-20)13-12-19-8-4-3-5-9-19;/h3-11,18,20H,12-17H2,1-2H3,(H2,26,27,28);1H. The molecule has 0 aromatic heterocycles. The molecule has 2 unspecified atom stereocenters. The summed E-state index contributed by atoms with van der Waals surface area (Å²) in [5.74, 6) is 1.87. The second-order valence-electron chi connectivity index (χ2n) is 7.84. The number of benzene rings is 2. The number of guanidine groups is 1. The highest BCUT2D eigenvalue weighted by Gasteiger charge is 2.29. The van der Waals surface area contributed by atoms with Gasteiger partial charge in [0.25, 0.3) is 0 Å². The third-order valence-corrected chi connectivity index (χ3v) is 5.62. The maximum Gasteiger partial charge on any atom is 0.223 e. The molecule has 1 aliphatic rings. The van der Waals surface area contributed by atoms with Crippen LogP contribution >= 0.6 is 35.6 Å². The fourth-order valence-electron chi connectivity index (χ4n) is 3.62. The van der Waals surface area contributed by atoms with Crippen LogP contribution in [0.2, 0.25) is 5.02 Å². The molecule has 1 fully saturated rings. The molecule has 0 radical (unpaired) electrons. The molecule has 2 N–H and O–H groups in total. The number of aliphatic imine (C=N–C) groups is 1. The van der Waals surface area contributed by atoms with Crippen LogP contribution in [-0.4, -0.2) is 56.1 Å². The molecule has 2 aromatic rings. The van der Waals surface area contributed by atoms with Crippen LogP contribution in [0.3, 0.4) is 0 Å². The van der Waals surface area contributed by atoms with Crippen molar-refractivity contribution in [3.8, 4) is 5.75 Å². The highest BCUT2D eigenvalue weighted by molar-refractivity contribution is 14.0. The van der Waals surface area contributed by atoms with Crippen molar-refractivity contribution in [1.82, 2.24) is 15.5 Å². The van der Waals surface area contributed by atoms with Crippen molar-refractivity contribution >= 4 is 47.4 Å². The molecule has 32 heavy (non-hydrogen) atoms. The third kappa shape index (κ3) is 8.16. The lowest BCUT2D eigenvalue weighted by Gasteiger charge is -2.20. The Morgan fingerprint density at radius 2 is 1.91 bits per heavy atom. The molecule has 2 aromatic carbocycles. The van der Waals surface area contributed by atoms with Crippen LogP contribution in [-0.2, 0) is 11.2 Å². The van der Waals surface area contributed by atoms with Crippen LogP contribution in [0.25, 0.3) is 0 Å². The second-order valence-corrected chi connectivity index (χ2v) is 8.25. The Kier molecular flexibility index (Phi) is 11.1. The molecule has 1 saturated heterocycles. The quantitative estimate of drug-likeness (QED) is 0.272. The summed E-state index contributed by atoms with van der Waals surface area (Å²) in [6.45, 7) is 4.81. The highest BCUT2D eigenvalue weighted by Crippen LogP contribution is 2.24. The van der Waals surface area contributed by atoms with Crippen LogP contribution < -0.4 is 15.4 Å². The predicted molar refractivity (Wildman–Crippen MR) is 141 cm³/mol. The van der Waals surface area contributed by atoms with Crippen LogP contribution in [0.15, 0.2) is 59.6 Å². The van der Waals surface area contributed by atoms with Gasteiger partial charge in [-0.05, 0) is 31.0 Å². The van der Waals surface area contributed by atoms with Gasteiger partial charge in [-0.3, -0.25) is 9.79 Å². The molecule has 6 nitrogen and oxygen atoms in total. The molecule has 0 bridgehead atoms. The molecule has 8 heteroatoms. The number of para-hydroxylation sites is 1. The van der Waals surface area contributed by atoms with E-state index >= 15 is 0 Å². The fraction of sp³-hybridized carbons (Fsp3) is 0.417. The van der Waals surface area contributed by atoms with Crippen molar-refractivity contribution < 1.29 is 9.53 Å². The molecular formula is C24H32ClIN4O2. The molecule has 174 valence electrons. The molecular weight excluding hydrogens is 539 g/mol. The van der Waals surface area contributed by atoms with Crippen molar-refractivity contribution in [2.75, 3.05) is 33.2 Å². The summed E-state index contributed by atoms with van der Waals surface area (Å²) in [7, 11) is 1.74. The minimum absolute atomic E-state index is 0. The molecule has 1 heterocycles. The number of rotatable bonds is 9. The minimum atomic E-state index is -0.0833. The first-order valence-corrected chi connectivity index (χ1v) is 11.1. The van der Waals surface area contributed by atoms with E-state index in [9.17, 15) is 4.79 Å². The van der Waals surface area contributed by atoms with Gasteiger partial charge in [0.05, 0.1) is 11.6 Å². The Hall–Kier alpha value is -2.00. The summed E-state index contributed by atoms with van der Waals surface area (Å²) >= 11 is 6.15.